The summed E-state index contributed by atoms with van der Waals surface area (Å²) in [4.78, 5) is 27.3. The van der Waals surface area contributed by atoms with E-state index in [9.17, 15) is 9.59 Å². The summed E-state index contributed by atoms with van der Waals surface area (Å²) in [7, 11) is 0. The van der Waals surface area contributed by atoms with Crippen LogP contribution in [0.2, 0.25) is 0 Å². The van der Waals surface area contributed by atoms with Crippen LogP contribution < -0.4 is 10.6 Å². The first kappa shape index (κ1) is 25.0. The summed E-state index contributed by atoms with van der Waals surface area (Å²) in [6, 6.07) is 15.4. The molecule has 0 spiro atoms. The van der Waals surface area contributed by atoms with E-state index >= 15 is 0 Å². The number of carbonyl (C=O) groups is 2. The summed E-state index contributed by atoms with van der Waals surface area (Å²) >= 11 is 0. The number of anilines is 2. The molecular weight excluding hydrogens is 426 g/mol. The molecule has 1 aromatic heterocycles. The topological polar surface area (TPSA) is 79.3 Å². The Bertz CT molecular complexity index is 1170. The molecule has 1 heterocycles. The van der Waals surface area contributed by atoms with Crippen LogP contribution in [0.5, 0.6) is 0 Å². The van der Waals surface area contributed by atoms with E-state index in [1.165, 1.54) is 4.90 Å². The van der Waals surface area contributed by atoms with Crippen molar-refractivity contribution in [3.05, 3.63) is 70.9 Å². The summed E-state index contributed by atoms with van der Waals surface area (Å²) in [6.45, 7) is 14.4. The number of nitrogens with zero attached hydrogens (tertiary/aromatic N) is 3. The average Bonchev–Trinajstić information content (AvgIpc) is 3.18. The fraction of sp³-hybridized carbons (Fsp3) is 0.370. The van der Waals surface area contributed by atoms with Gasteiger partial charge in [0.25, 0.3) is 0 Å². The van der Waals surface area contributed by atoms with Crippen LogP contribution in [0, 0.1) is 20.8 Å². The van der Waals surface area contributed by atoms with E-state index in [2.05, 4.69) is 31.4 Å². The average molecular weight is 462 g/mol. The Morgan fingerprint density at radius 3 is 2.18 bits per heavy atom. The highest BCUT2D eigenvalue weighted by atomic mass is 16.2. The Morgan fingerprint density at radius 1 is 0.941 bits per heavy atom. The summed E-state index contributed by atoms with van der Waals surface area (Å²) in [6.07, 6.45) is 0. The molecule has 0 unspecified atom stereocenters. The standard InChI is InChI=1S/C27H35N5O2/c1-8-31(26(34)28-22-14-11-19(3)15-20(22)4)17-25(33)29-24-16-23(27(5,6)7)30-32(24)21-12-9-18(2)10-13-21/h9-16H,8,17H2,1-7H3,(H,28,34)(H,29,33). The lowest BCUT2D eigenvalue weighted by atomic mass is 9.92. The highest BCUT2D eigenvalue weighted by Crippen LogP contribution is 2.26. The van der Waals surface area contributed by atoms with E-state index in [4.69, 9.17) is 5.10 Å². The Morgan fingerprint density at radius 2 is 1.59 bits per heavy atom. The first-order valence-electron chi connectivity index (χ1n) is 11.6. The number of rotatable bonds is 6. The molecule has 3 rings (SSSR count). The van der Waals surface area contributed by atoms with Gasteiger partial charge in [-0.15, -0.1) is 0 Å². The van der Waals surface area contributed by atoms with Crippen molar-refractivity contribution < 1.29 is 9.59 Å². The highest BCUT2D eigenvalue weighted by Gasteiger charge is 2.23. The molecule has 3 aromatic rings. The van der Waals surface area contributed by atoms with Gasteiger partial charge in [-0.3, -0.25) is 4.79 Å². The van der Waals surface area contributed by atoms with E-state index < -0.39 is 0 Å². The molecule has 0 fully saturated rings. The number of nitrogens with one attached hydrogen (secondary N) is 2. The minimum Gasteiger partial charge on any atom is -0.315 e. The van der Waals surface area contributed by atoms with Crippen LogP contribution in [-0.4, -0.2) is 39.7 Å². The number of hydrogen-bond donors (Lipinski definition) is 2. The molecule has 0 saturated heterocycles. The van der Waals surface area contributed by atoms with Crippen LogP contribution in [0.25, 0.3) is 5.69 Å². The fourth-order valence-corrected chi connectivity index (χ4v) is 3.55. The zero-order chi connectivity index (χ0) is 25.0. The Kier molecular flexibility index (Phi) is 7.44. The van der Waals surface area contributed by atoms with Crippen molar-refractivity contribution in [3.63, 3.8) is 0 Å². The van der Waals surface area contributed by atoms with E-state index in [-0.39, 0.29) is 23.9 Å². The van der Waals surface area contributed by atoms with Crippen molar-refractivity contribution in [3.8, 4) is 5.69 Å². The molecule has 2 N–H and O–H groups in total. The van der Waals surface area contributed by atoms with Gasteiger partial charge in [-0.25, -0.2) is 9.48 Å². The highest BCUT2D eigenvalue weighted by molar-refractivity contribution is 5.97. The number of carbonyl (C=O) groups excluding carboxylic acids is 2. The molecular formula is C27H35N5O2. The van der Waals surface area contributed by atoms with Crippen molar-refractivity contribution >= 4 is 23.4 Å². The van der Waals surface area contributed by atoms with Crippen molar-refractivity contribution in [2.24, 2.45) is 0 Å². The van der Waals surface area contributed by atoms with E-state index in [1.54, 1.807) is 4.68 Å². The van der Waals surface area contributed by atoms with Gasteiger partial charge in [-0.1, -0.05) is 56.2 Å². The molecule has 0 saturated carbocycles. The van der Waals surface area contributed by atoms with Gasteiger partial charge >= 0.3 is 6.03 Å². The van der Waals surface area contributed by atoms with E-state index in [0.717, 1.165) is 33.8 Å². The largest absolute Gasteiger partial charge is 0.322 e. The van der Waals surface area contributed by atoms with Crippen LogP contribution in [0.3, 0.4) is 0 Å². The molecule has 34 heavy (non-hydrogen) atoms. The monoisotopic (exact) mass is 461 g/mol. The van der Waals surface area contributed by atoms with Gasteiger partial charge in [0, 0.05) is 23.7 Å². The third kappa shape index (κ3) is 6.04. The number of amides is 3. The van der Waals surface area contributed by atoms with Crippen molar-refractivity contribution in [2.75, 3.05) is 23.7 Å². The lowest BCUT2D eigenvalue weighted by Crippen LogP contribution is -2.40. The number of likely N-dealkylation sites (N-methyl/N-ethyl adjacent to an activating group) is 1. The molecule has 0 radical (unpaired) electrons. The summed E-state index contributed by atoms with van der Waals surface area (Å²) in [5.41, 5.74) is 5.52. The van der Waals surface area contributed by atoms with Crippen molar-refractivity contribution in [1.29, 1.82) is 0 Å². The van der Waals surface area contributed by atoms with Gasteiger partial charge in [0.15, 0.2) is 0 Å². The third-order valence-electron chi connectivity index (χ3n) is 5.65. The first-order chi connectivity index (χ1) is 16.0. The second kappa shape index (κ2) is 10.1. The van der Waals surface area contributed by atoms with Crippen LogP contribution in [0.4, 0.5) is 16.3 Å². The van der Waals surface area contributed by atoms with Crippen molar-refractivity contribution in [1.82, 2.24) is 14.7 Å². The maximum absolute atomic E-state index is 13.0. The SMILES string of the molecule is CCN(CC(=O)Nc1cc(C(C)(C)C)nn1-c1ccc(C)cc1)C(=O)Nc1ccc(C)cc1C. The van der Waals surface area contributed by atoms with Gasteiger partial charge in [0.2, 0.25) is 5.91 Å². The summed E-state index contributed by atoms with van der Waals surface area (Å²) < 4.78 is 1.74. The fourth-order valence-electron chi connectivity index (χ4n) is 3.55. The molecule has 0 aliphatic rings. The Hall–Kier alpha value is -3.61. The normalized spacial score (nSPS) is 11.3. The maximum atomic E-state index is 13.0. The Labute approximate surface area is 202 Å². The molecule has 180 valence electrons. The van der Waals surface area contributed by atoms with Crippen molar-refractivity contribution in [2.45, 2.75) is 53.9 Å². The predicted octanol–water partition coefficient (Wildman–Crippen LogP) is 5.59. The number of hydrogen-bond acceptors (Lipinski definition) is 3. The van der Waals surface area contributed by atoms with Gasteiger partial charge < -0.3 is 15.5 Å². The maximum Gasteiger partial charge on any atom is 0.322 e. The zero-order valence-corrected chi connectivity index (χ0v) is 21.2. The lowest BCUT2D eigenvalue weighted by molar-refractivity contribution is -0.116. The molecule has 3 amide bonds. The predicted molar refractivity (Wildman–Crippen MR) is 138 cm³/mol. The molecule has 7 heteroatoms. The number of urea groups is 1. The van der Waals surface area contributed by atoms with Crippen LogP contribution >= 0.6 is 0 Å². The minimum absolute atomic E-state index is 0.0723. The smallest absolute Gasteiger partial charge is 0.315 e. The quantitative estimate of drug-likeness (QED) is 0.502. The van der Waals surface area contributed by atoms with Crippen LogP contribution in [-0.2, 0) is 10.2 Å². The molecule has 2 aromatic carbocycles. The molecule has 0 bridgehead atoms. The van der Waals surface area contributed by atoms with E-state index in [1.807, 2.05) is 76.2 Å². The first-order valence-corrected chi connectivity index (χ1v) is 11.6. The molecule has 0 aliphatic heterocycles. The summed E-state index contributed by atoms with van der Waals surface area (Å²) in [5, 5.41) is 10.6. The van der Waals surface area contributed by atoms with Gasteiger partial charge in [-0.05, 0) is 51.5 Å². The number of aryl methyl sites for hydroxylation is 3. The number of aromatic nitrogens is 2. The van der Waals surface area contributed by atoms with Gasteiger partial charge in [0.05, 0.1) is 11.4 Å². The third-order valence-corrected chi connectivity index (χ3v) is 5.65. The van der Waals surface area contributed by atoms with Crippen LogP contribution in [0.1, 0.15) is 50.1 Å². The summed E-state index contributed by atoms with van der Waals surface area (Å²) in [5.74, 6) is 0.288. The molecule has 0 atom stereocenters. The minimum atomic E-state index is -0.313. The Balaban J connectivity index is 1.77. The molecule has 7 nitrogen and oxygen atoms in total. The van der Waals surface area contributed by atoms with E-state index in [0.29, 0.717) is 12.4 Å². The zero-order valence-electron chi connectivity index (χ0n) is 21.2. The molecule has 0 aliphatic carbocycles. The van der Waals surface area contributed by atoms with Gasteiger partial charge in [0.1, 0.15) is 12.4 Å². The van der Waals surface area contributed by atoms with Crippen LogP contribution in [0.15, 0.2) is 48.5 Å². The lowest BCUT2D eigenvalue weighted by Gasteiger charge is -2.21. The second-order valence-corrected chi connectivity index (χ2v) is 9.72. The second-order valence-electron chi connectivity index (χ2n) is 9.72. The number of benzene rings is 2. The van der Waals surface area contributed by atoms with Gasteiger partial charge in [-0.2, -0.15) is 5.10 Å².